The highest BCUT2D eigenvalue weighted by Gasteiger charge is 2.51. The molecule has 0 spiro atoms. The van der Waals surface area contributed by atoms with E-state index in [1.807, 2.05) is 0 Å². The van der Waals surface area contributed by atoms with Crippen LogP contribution in [-0.2, 0) is 9.47 Å². The van der Waals surface area contributed by atoms with Crippen LogP contribution < -0.4 is 5.73 Å². The summed E-state index contributed by atoms with van der Waals surface area (Å²) >= 11 is 0. The number of hydrogen-bond acceptors (Lipinski definition) is 4. The van der Waals surface area contributed by atoms with Crippen LogP contribution in [0.5, 0.6) is 0 Å². The van der Waals surface area contributed by atoms with Gasteiger partial charge in [-0.15, -0.1) is 0 Å². The molecule has 1 aliphatic carbocycles. The number of hydrogen-bond donors (Lipinski definition) is 2. The molecule has 2 atom stereocenters. The van der Waals surface area contributed by atoms with Gasteiger partial charge in [0.15, 0.2) is 0 Å². The first kappa shape index (κ1) is 13.3. The van der Waals surface area contributed by atoms with E-state index < -0.39 is 5.60 Å². The van der Waals surface area contributed by atoms with Crippen molar-refractivity contribution in [1.82, 2.24) is 0 Å². The molecule has 2 rings (SSSR count). The molecule has 2 fully saturated rings. The predicted octanol–water partition coefficient (Wildman–Crippen LogP) is 1.06. The van der Waals surface area contributed by atoms with Crippen molar-refractivity contribution < 1.29 is 14.6 Å². The molecule has 0 aromatic heterocycles. The first-order chi connectivity index (χ1) is 8.16. The summed E-state index contributed by atoms with van der Waals surface area (Å²) in [6.07, 6.45) is 5.57. The van der Waals surface area contributed by atoms with Crippen molar-refractivity contribution in [2.45, 2.75) is 50.2 Å². The minimum Gasteiger partial charge on any atom is -0.389 e. The molecule has 17 heavy (non-hydrogen) atoms. The average Bonchev–Trinajstić information content (AvgIpc) is 2.39. The summed E-state index contributed by atoms with van der Waals surface area (Å²) < 4.78 is 10.9. The summed E-state index contributed by atoms with van der Waals surface area (Å²) in [6, 6.07) is 0. The van der Waals surface area contributed by atoms with Gasteiger partial charge in [-0.1, -0.05) is 0 Å². The Hall–Kier alpha value is -0.160. The van der Waals surface area contributed by atoms with Gasteiger partial charge in [0.25, 0.3) is 0 Å². The predicted molar refractivity (Wildman–Crippen MR) is 65.8 cm³/mol. The fraction of sp³-hybridized carbons (Fsp3) is 1.00. The molecule has 1 saturated heterocycles. The van der Waals surface area contributed by atoms with Gasteiger partial charge in [-0.25, -0.2) is 0 Å². The van der Waals surface area contributed by atoms with Crippen LogP contribution in [0.4, 0.5) is 0 Å². The maximum Gasteiger partial charge on any atom is 0.0742 e. The standard InChI is InChI=1S/C13H25NO3/c1-16-11-3-2-4-13(15,9-11)12(10-14)5-7-17-8-6-12/h11,15H,2-10,14H2,1H3. The molecule has 2 unspecified atom stereocenters. The SMILES string of the molecule is COC1CCCC(O)(C2(CN)CCOCC2)C1. The van der Waals surface area contributed by atoms with Crippen LogP contribution in [-0.4, -0.2) is 43.7 Å². The highest BCUT2D eigenvalue weighted by Crippen LogP contribution is 2.48. The molecule has 0 bridgehead atoms. The molecule has 0 radical (unpaired) electrons. The molecule has 2 aliphatic rings. The van der Waals surface area contributed by atoms with Gasteiger partial charge in [0, 0.05) is 38.7 Å². The second-order valence-corrected chi connectivity index (χ2v) is 5.58. The number of aliphatic hydroxyl groups is 1. The van der Waals surface area contributed by atoms with E-state index in [9.17, 15) is 5.11 Å². The van der Waals surface area contributed by atoms with Gasteiger partial charge in [0.1, 0.15) is 0 Å². The molecule has 1 heterocycles. The molecule has 0 aromatic carbocycles. The third-order valence-corrected chi connectivity index (χ3v) is 4.84. The van der Waals surface area contributed by atoms with E-state index in [0.29, 0.717) is 6.54 Å². The summed E-state index contributed by atoms with van der Waals surface area (Å²) in [7, 11) is 1.73. The van der Waals surface area contributed by atoms with Gasteiger partial charge in [-0.05, 0) is 32.1 Å². The average molecular weight is 243 g/mol. The minimum absolute atomic E-state index is 0.164. The van der Waals surface area contributed by atoms with Crippen molar-refractivity contribution in [1.29, 1.82) is 0 Å². The summed E-state index contributed by atoms with van der Waals surface area (Å²) in [4.78, 5) is 0. The largest absolute Gasteiger partial charge is 0.389 e. The normalized spacial score (nSPS) is 37.9. The molecule has 1 aliphatic heterocycles. The minimum atomic E-state index is -0.662. The van der Waals surface area contributed by atoms with Crippen LogP contribution in [0.15, 0.2) is 0 Å². The molecule has 0 amide bonds. The second kappa shape index (κ2) is 5.22. The quantitative estimate of drug-likeness (QED) is 0.778. The Morgan fingerprint density at radius 2 is 2.06 bits per heavy atom. The van der Waals surface area contributed by atoms with E-state index in [1.165, 1.54) is 0 Å². The summed E-state index contributed by atoms with van der Waals surface area (Å²) in [5, 5.41) is 11.0. The van der Waals surface area contributed by atoms with Gasteiger partial charge in [-0.2, -0.15) is 0 Å². The van der Waals surface area contributed by atoms with Gasteiger partial charge in [0.05, 0.1) is 11.7 Å². The van der Waals surface area contributed by atoms with Gasteiger partial charge >= 0.3 is 0 Å². The van der Waals surface area contributed by atoms with E-state index in [4.69, 9.17) is 15.2 Å². The van der Waals surface area contributed by atoms with Crippen LogP contribution in [0.2, 0.25) is 0 Å². The number of methoxy groups -OCH3 is 1. The lowest BCUT2D eigenvalue weighted by Crippen LogP contribution is -2.58. The highest BCUT2D eigenvalue weighted by atomic mass is 16.5. The van der Waals surface area contributed by atoms with Crippen LogP contribution in [0, 0.1) is 5.41 Å². The Morgan fingerprint density at radius 1 is 1.35 bits per heavy atom. The van der Waals surface area contributed by atoms with Crippen molar-refractivity contribution in [3.63, 3.8) is 0 Å². The Morgan fingerprint density at radius 3 is 2.65 bits per heavy atom. The maximum absolute atomic E-state index is 11.0. The molecule has 4 heteroatoms. The molecule has 100 valence electrons. The summed E-state index contributed by atoms with van der Waals surface area (Å²) in [5.41, 5.74) is 5.16. The monoisotopic (exact) mass is 243 g/mol. The summed E-state index contributed by atoms with van der Waals surface area (Å²) in [5.74, 6) is 0. The molecular weight excluding hydrogens is 218 g/mol. The second-order valence-electron chi connectivity index (χ2n) is 5.58. The lowest BCUT2D eigenvalue weighted by atomic mass is 9.61. The highest BCUT2D eigenvalue weighted by molar-refractivity contribution is 5.03. The van der Waals surface area contributed by atoms with E-state index in [-0.39, 0.29) is 11.5 Å². The van der Waals surface area contributed by atoms with Crippen molar-refractivity contribution in [3.05, 3.63) is 0 Å². The van der Waals surface area contributed by atoms with Crippen molar-refractivity contribution in [2.24, 2.45) is 11.1 Å². The molecule has 1 saturated carbocycles. The number of nitrogens with two attached hydrogens (primary N) is 1. The van der Waals surface area contributed by atoms with E-state index in [1.54, 1.807) is 7.11 Å². The number of ether oxygens (including phenoxy) is 2. The Labute approximate surface area is 103 Å². The smallest absolute Gasteiger partial charge is 0.0742 e. The van der Waals surface area contributed by atoms with E-state index >= 15 is 0 Å². The molecule has 0 aromatic rings. The van der Waals surface area contributed by atoms with Crippen LogP contribution >= 0.6 is 0 Å². The topological polar surface area (TPSA) is 64.7 Å². The zero-order valence-electron chi connectivity index (χ0n) is 10.8. The van der Waals surface area contributed by atoms with Gasteiger partial charge in [0.2, 0.25) is 0 Å². The first-order valence-electron chi connectivity index (χ1n) is 6.69. The van der Waals surface area contributed by atoms with Crippen molar-refractivity contribution in [3.8, 4) is 0 Å². The third-order valence-electron chi connectivity index (χ3n) is 4.84. The lowest BCUT2D eigenvalue weighted by Gasteiger charge is -2.52. The van der Waals surface area contributed by atoms with E-state index in [2.05, 4.69) is 0 Å². The van der Waals surface area contributed by atoms with E-state index in [0.717, 1.165) is 51.7 Å². The first-order valence-corrected chi connectivity index (χ1v) is 6.69. The van der Waals surface area contributed by atoms with Crippen LogP contribution in [0.3, 0.4) is 0 Å². The molecule has 4 nitrogen and oxygen atoms in total. The molecular formula is C13H25NO3. The Kier molecular flexibility index (Phi) is 4.08. The maximum atomic E-state index is 11.0. The van der Waals surface area contributed by atoms with Crippen LogP contribution in [0.25, 0.3) is 0 Å². The van der Waals surface area contributed by atoms with Gasteiger partial charge < -0.3 is 20.3 Å². The van der Waals surface area contributed by atoms with Crippen molar-refractivity contribution >= 4 is 0 Å². The Bertz CT molecular complexity index is 253. The molecule has 3 N–H and O–H groups in total. The van der Waals surface area contributed by atoms with Gasteiger partial charge in [-0.3, -0.25) is 0 Å². The van der Waals surface area contributed by atoms with Crippen molar-refractivity contribution in [2.75, 3.05) is 26.9 Å². The fourth-order valence-corrected chi connectivity index (χ4v) is 3.51. The Balaban J connectivity index is 2.15. The summed E-state index contributed by atoms with van der Waals surface area (Å²) in [6.45, 7) is 1.98. The van der Waals surface area contributed by atoms with Crippen LogP contribution in [0.1, 0.15) is 38.5 Å². The zero-order chi connectivity index (χ0) is 12.4. The third kappa shape index (κ3) is 2.36. The zero-order valence-corrected chi connectivity index (χ0v) is 10.8. The number of rotatable bonds is 3. The lowest BCUT2D eigenvalue weighted by molar-refractivity contribution is -0.166. The fourth-order valence-electron chi connectivity index (χ4n) is 3.51.